The number of nitrogens with zero attached hydrogens (tertiary/aromatic N) is 3. The van der Waals surface area contributed by atoms with Gasteiger partial charge in [-0.1, -0.05) is 44.2 Å². The topological polar surface area (TPSA) is 94.8 Å². The summed E-state index contributed by atoms with van der Waals surface area (Å²) < 4.78 is 26.3. The zero-order valence-electron chi connectivity index (χ0n) is 25.0. The first-order valence-corrected chi connectivity index (χ1v) is 14.4. The predicted molar refractivity (Wildman–Crippen MR) is 171 cm³/mol. The summed E-state index contributed by atoms with van der Waals surface area (Å²) in [5, 5.41) is 7.64. The first-order chi connectivity index (χ1) is 21.2. The molecule has 0 atom stereocenters. The van der Waals surface area contributed by atoms with E-state index in [2.05, 4.69) is 24.3 Å². The minimum absolute atomic E-state index is 0.179. The van der Waals surface area contributed by atoms with Crippen LogP contribution in [0.2, 0.25) is 0 Å². The highest BCUT2D eigenvalue weighted by atomic mass is 19.1. The standard InChI is InChI=1S/C35H33FN4O4/c1-5-43-32-16-23(4)30(19-29(32)22(2)3)34-39-31-15-7-6-14-28(31)35(42)40(34)37-20-24-10-8-13-27(17-24)44-21-33(41)38-26-12-9-11-25(36)18-26/h6-20,22H,5,21H2,1-4H3,(H,38,41). The molecule has 1 N–H and O–H groups in total. The number of hydrogen-bond acceptors (Lipinski definition) is 6. The first kappa shape index (κ1) is 30.2. The van der Waals surface area contributed by atoms with Gasteiger partial charge in [0.2, 0.25) is 0 Å². The lowest BCUT2D eigenvalue weighted by Gasteiger charge is -2.18. The van der Waals surface area contributed by atoms with Crippen LogP contribution in [0.15, 0.2) is 94.8 Å². The number of hydrogen-bond donors (Lipinski definition) is 1. The maximum atomic E-state index is 13.8. The molecule has 0 unspecified atom stereocenters. The molecule has 224 valence electrons. The molecule has 44 heavy (non-hydrogen) atoms. The summed E-state index contributed by atoms with van der Waals surface area (Å²) in [4.78, 5) is 31.0. The molecule has 0 radical (unpaired) electrons. The Kier molecular flexibility index (Phi) is 9.14. The summed E-state index contributed by atoms with van der Waals surface area (Å²) in [7, 11) is 0. The summed E-state index contributed by atoms with van der Waals surface area (Å²) in [5.74, 6) is 0.949. The molecule has 0 bridgehead atoms. The van der Waals surface area contributed by atoms with Crippen molar-refractivity contribution in [3.63, 3.8) is 0 Å². The average Bonchev–Trinajstić information content (AvgIpc) is 3.00. The van der Waals surface area contributed by atoms with Crippen molar-refractivity contribution >= 4 is 28.7 Å². The van der Waals surface area contributed by atoms with Gasteiger partial charge in [0.15, 0.2) is 12.4 Å². The molecule has 0 fully saturated rings. The number of halogens is 1. The van der Waals surface area contributed by atoms with Crippen molar-refractivity contribution in [1.29, 1.82) is 0 Å². The number of carbonyl (C=O) groups is 1. The zero-order chi connectivity index (χ0) is 31.2. The van der Waals surface area contributed by atoms with Crippen molar-refractivity contribution in [2.24, 2.45) is 5.10 Å². The van der Waals surface area contributed by atoms with Crippen molar-refractivity contribution in [3.8, 4) is 22.9 Å². The molecule has 5 aromatic rings. The maximum Gasteiger partial charge on any atom is 0.282 e. The van der Waals surface area contributed by atoms with Crippen LogP contribution in [0.3, 0.4) is 0 Å². The van der Waals surface area contributed by atoms with Crippen LogP contribution in [0.1, 0.15) is 43.4 Å². The molecule has 1 heterocycles. The van der Waals surface area contributed by atoms with Crippen LogP contribution in [0.4, 0.5) is 10.1 Å². The van der Waals surface area contributed by atoms with Crippen LogP contribution >= 0.6 is 0 Å². The number of amides is 1. The Bertz CT molecular complexity index is 1920. The van der Waals surface area contributed by atoms with Gasteiger partial charge in [-0.05, 0) is 91.1 Å². The van der Waals surface area contributed by atoms with Gasteiger partial charge in [0.25, 0.3) is 11.5 Å². The monoisotopic (exact) mass is 592 g/mol. The first-order valence-electron chi connectivity index (χ1n) is 14.4. The summed E-state index contributed by atoms with van der Waals surface area (Å²) in [6.45, 7) is 8.37. The second-order valence-corrected chi connectivity index (χ2v) is 10.5. The third kappa shape index (κ3) is 6.83. The van der Waals surface area contributed by atoms with Crippen molar-refractivity contribution in [3.05, 3.63) is 118 Å². The maximum absolute atomic E-state index is 13.8. The molecule has 0 aliphatic carbocycles. The van der Waals surface area contributed by atoms with Crippen molar-refractivity contribution in [1.82, 2.24) is 9.66 Å². The third-order valence-corrected chi connectivity index (χ3v) is 6.93. The zero-order valence-corrected chi connectivity index (χ0v) is 25.0. The van der Waals surface area contributed by atoms with E-state index in [4.69, 9.17) is 14.5 Å². The number of ether oxygens (including phenoxy) is 2. The lowest BCUT2D eigenvalue weighted by Crippen LogP contribution is -2.21. The molecule has 9 heteroatoms. The number of anilines is 1. The Morgan fingerprint density at radius 1 is 1.02 bits per heavy atom. The van der Waals surface area contributed by atoms with Crippen LogP contribution in [-0.4, -0.2) is 35.0 Å². The van der Waals surface area contributed by atoms with E-state index in [0.29, 0.717) is 40.3 Å². The van der Waals surface area contributed by atoms with Crippen LogP contribution in [0, 0.1) is 12.7 Å². The Labute approximate surface area is 254 Å². The van der Waals surface area contributed by atoms with Gasteiger partial charge >= 0.3 is 0 Å². The van der Waals surface area contributed by atoms with E-state index in [1.165, 1.54) is 22.9 Å². The summed E-state index contributed by atoms with van der Waals surface area (Å²) in [5.41, 5.74) is 3.94. The van der Waals surface area contributed by atoms with Gasteiger partial charge < -0.3 is 14.8 Å². The molecular formula is C35H33FN4O4. The third-order valence-electron chi connectivity index (χ3n) is 6.93. The fourth-order valence-corrected chi connectivity index (χ4v) is 4.80. The van der Waals surface area contributed by atoms with Crippen LogP contribution < -0.4 is 20.3 Å². The number of rotatable bonds is 10. The normalized spacial score (nSPS) is 11.3. The minimum Gasteiger partial charge on any atom is -0.494 e. The Morgan fingerprint density at radius 2 is 1.82 bits per heavy atom. The van der Waals surface area contributed by atoms with E-state index in [-0.39, 0.29) is 18.1 Å². The second kappa shape index (κ2) is 13.3. The molecule has 0 saturated heterocycles. The Morgan fingerprint density at radius 3 is 2.59 bits per heavy atom. The average molecular weight is 593 g/mol. The van der Waals surface area contributed by atoms with Gasteiger partial charge in [0.1, 0.15) is 17.3 Å². The highest BCUT2D eigenvalue weighted by molar-refractivity contribution is 5.92. The minimum atomic E-state index is -0.447. The molecule has 1 aromatic heterocycles. The number of nitrogens with one attached hydrogen (secondary N) is 1. The molecule has 5 rings (SSSR count). The summed E-state index contributed by atoms with van der Waals surface area (Å²) in [6, 6.07) is 23.8. The quantitative estimate of drug-likeness (QED) is 0.178. The Balaban J connectivity index is 1.47. The summed E-state index contributed by atoms with van der Waals surface area (Å²) >= 11 is 0. The number of benzene rings is 4. The molecule has 8 nitrogen and oxygen atoms in total. The number of aromatic nitrogens is 2. The molecule has 0 spiro atoms. The molecule has 0 aliphatic rings. The highest BCUT2D eigenvalue weighted by Gasteiger charge is 2.18. The van der Waals surface area contributed by atoms with Crippen molar-refractivity contribution < 1.29 is 18.7 Å². The van der Waals surface area contributed by atoms with Crippen LogP contribution in [0.25, 0.3) is 22.3 Å². The number of aryl methyl sites for hydroxylation is 1. The molecular weight excluding hydrogens is 559 g/mol. The molecule has 4 aromatic carbocycles. The van der Waals surface area contributed by atoms with E-state index in [1.54, 1.807) is 48.7 Å². The smallest absolute Gasteiger partial charge is 0.282 e. The van der Waals surface area contributed by atoms with E-state index in [1.807, 2.05) is 38.1 Å². The van der Waals surface area contributed by atoms with Gasteiger partial charge in [0, 0.05) is 11.3 Å². The Hall–Kier alpha value is -5.31. The molecule has 1 amide bonds. The van der Waals surface area contributed by atoms with Crippen LogP contribution in [-0.2, 0) is 4.79 Å². The number of fused-ring (bicyclic) bond motifs is 1. The summed E-state index contributed by atoms with van der Waals surface area (Å²) in [6.07, 6.45) is 1.55. The van der Waals surface area contributed by atoms with Gasteiger partial charge in [-0.2, -0.15) is 9.78 Å². The van der Waals surface area contributed by atoms with E-state index in [0.717, 1.165) is 22.4 Å². The molecule has 0 saturated carbocycles. The number of carbonyl (C=O) groups excluding carboxylic acids is 1. The lowest BCUT2D eigenvalue weighted by molar-refractivity contribution is -0.118. The predicted octanol–water partition coefficient (Wildman–Crippen LogP) is 6.93. The lowest BCUT2D eigenvalue weighted by atomic mass is 9.96. The highest BCUT2D eigenvalue weighted by Crippen LogP contribution is 2.34. The van der Waals surface area contributed by atoms with E-state index in [9.17, 15) is 14.0 Å². The van der Waals surface area contributed by atoms with E-state index < -0.39 is 11.7 Å². The van der Waals surface area contributed by atoms with E-state index >= 15 is 0 Å². The van der Waals surface area contributed by atoms with Crippen LogP contribution in [0.5, 0.6) is 11.5 Å². The van der Waals surface area contributed by atoms with Gasteiger partial charge in [0.05, 0.1) is 23.7 Å². The van der Waals surface area contributed by atoms with Gasteiger partial charge in [-0.3, -0.25) is 9.59 Å². The van der Waals surface area contributed by atoms with Gasteiger partial charge in [-0.15, -0.1) is 0 Å². The fraction of sp³-hybridized carbons (Fsp3) is 0.200. The second-order valence-electron chi connectivity index (χ2n) is 10.5. The van der Waals surface area contributed by atoms with Crippen molar-refractivity contribution in [2.75, 3.05) is 18.5 Å². The van der Waals surface area contributed by atoms with Crippen molar-refractivity contribution in [2.45, 2.75) is 33.6 Å². The molecule has 0 aliphatic heterocycles. The largest absolute Gasteiger partial charge is 0.494 e. The SMILES string of the molecule is CCOc1cc(C)c(-c2nc3ccccc3c(=O)n2N=Cc2cccc(OCC(=O)Nc3cccc(F)c3)c2)cc1C(C)C. The fourth-order valence-electron chi connectivity index (χ4n) is 4.80. The van der Waals surface area contributed by atoms with Gasteiger partial charge in [-0.25, -0.2) is 9.37 Å². The number of para-hydroxylation sites is 1.